The number of nitrogens with two attached hydrogens (primary N) is 1. The molecule has 0 aliphatic carbocycles. The van der Waals surface area contributed by atoms with Crippen molar-refractivity contribution in [3.63, 3.8) is 0 Å². The van der Waals surface area contributed by atoms with E-state index < -0.39 is 5.95 Å². The Bertz CT molecular complexity index is 954. The maximum atomic E-state index is 13.2. The van der Waals surface area contributed by atoms with Crippen LogP contribution in [-0.4, -0.2) is 14.8 Å². The average Bonchev–Trinajstić information content (AvgIpc) is 2.56. The van der Waals surface area contributed by atoms with Gasteiger partial charge in [-0.1, -0.05) is 23.7 Å². The summed E-state index contributed by atoms with van der Waals surface area (Å²) in [6.07, 6.45) is 1.34. The van der Waals surface area contributed by atoms with E-state index in [1.165, 1.54) is 16.9 Å². The first-order valence-electron chi connectivity index (χ1n) is 7.18. The number of hydrogen-bond donors (Lipinski definition) is 1. The molecule has 1 aromatic carbocycles. The van der Waals surface area contributed by atoms with E-state index in [-0.39, 0.29) is 11.2 Å². The molecular formula is C17H14ClFN4O. The van der Waals surface area contributed by atoms with E-state index >= 15 is 0 Å². The second-order valence-electron chi connectivity index (χ2n) is 5.41. The van der Waals surface area contributed by atoms with Crippen molar-refractivity contribution < 1.29 is 4.39 Å². The summed E-state index contributed by atoms with van der Waals surface area (Å²) in [6, 6.07) is 10.2. The van der Waals surface area contributed by atoms with Gasteiger partial charge in [0.25, 0.3) is 5.56 Å². The molecule has 0 spiro atoms. The van der Waals surface area contributed by atoms with Gasteiger partial charge in [-0.15, -0.1) is 0 Å². The minimum absolute atomic E-state index is 0.0672. The molecule has 0 aliphatic heterocycles. The fraction of sp³-hybridized carbons (Fsp3) is 0.118. The predicted molar refractivity (Wildman–Crippen MR) is 91.4 cm³/mol. The highest BCUT2D eigenvalue weighted by Gasteiger charge is 2.10. The van der Waals surface area contributed by atoms with Crippen molar-refractivity contribution in [2.24, 2.45) is 0 Å². The Labute approximate surface area is 142 Å². The van der Waals surface area contributed by atoms with E-state index in [1.807, 2.05) is 12.1 Å². The number of hydrogen-bond acceptors (Lipinski definition) is 4. The monoisotopic (exact) mass is 344 g/mol. The first-order chi connectivity index (χ1) is 11.4. The normalized spacial score (nSPS) is 10.8. The van der Waals surface area contributed by atoms with E-state index in [4.69, 9.17) is 17.3 Å². The van der Waals surface area contributed by atoms with Crippen molar-refractivity contribution in [1.82, 2.24) is 14.8 Å². The molecule has 0 bridgehead atoms. The smallest absolute Gasteiger partial charge is 0.270 e. The largest absolute Gasteiger partial charge is 0.395 e. The third kappa shape index (κ3) is 3.28. The summed E-state index contributed by atoms with van der Waals surface area (Å²) in [4.78, 5) is 15.9. The summed E-state index contributed by atoms with van der Waals surface area (Å²) in [5.74, 6) is -0.732. The Hall–Kier alpha value is -2.73. The third-order valence-corrected chi connectivity index (χ3v) is 3.81. The molecule has 0 amide bonds. The summed E-state index contributed by atoms with van der Waals surface area (Å²) >= 11 is 5.87. The van der Waals surface area contributed by atoms with Gasteiger partial charge >= 0.3 is 0 Å². The second-order valence-corrected chi connectivity index (χ2v) is 5.84. The highest BCUT2D eigenvalue weighted by molar-refractivity contribution is 6.30. The molecule has 7 heteroatoms. The summed E-state index contributed by atoms with van der Waals surface area (Å²) in [7, 11) is 0. The van der Waals surface area contributed by atoms with Gasteiger partial charge in [0.05, 0.1) is 17.9 Å². The number of nitrogen functional groups attached to an aromatic ring is 1. The van der Waals surface area contributed by atoms with Gasteiger partial charge in [-0.3, -0.25) is 4.79 Å². The molecular weight excluding hydrogens is 331 g/mol. The zero-order chi connectivity index (χ0) is 17.3. The van der Waals surface area contributed by atoms with Crippen LogP contribution >= 0.6 is 11.6 Å². The maximum Gasteiger partial charge on any atom is 0.270 e. The summed E-state index contributed by atoms with van der Waals surface area (Å²) in [5, 5.41) is 4.97. The Kier molecular flexibility index (Phi) is 4.31. The molecule has 24 heavy (non-hydrogen) atoms. The van der Waals surface area contributed by atoms with Crippen LogP contribution in [0.1, 0.15) is 11.1 Å². The minimum atomic E-state index is -0.732. The Morgan fingerprint density at radius 1 is 1.25 bits per heavy atom. The average molecular weight is 345 g/mol. The van der Waals surface area contributed by atoms with Gasteiger partial charge in [0.2, 0.25) is 5.95 Å². The van der Waals surface area contributed by atoms with Crippen LogP contribution in [0.25, 0.3) is 11.3 Å². The molecule has 0 saturated heterocycles. The van der Waals surface area contributed by atoms with Gasteiger partial charge in [-0.2, -0.15) is 9.49 Å². The quantitative estimate of drug-likeness (QED) is 0.741. The molecule has 2 heterocycles. The number of benzene rings is 1. The Morgan fingerprint density at radius 2 is 1.96 bits per heavy atom. The molecule has 0 saturated carbocycles. The van der Waals surface area contributed by atoms with Crippen molar-refractivity contribution >= 4 is 17.3 Å². The lowest BCUT2D eigenvalue weighted by Crippen LogP contribution is -2.25. The lowest BCUT2D eigenvalue weighted by Gasteiger charge is -2.10. The van der Waals surface area contributed by atoms with Crippen LogP contribution in [0, 0.1) is 12.9 Å². The number of anilines is 1. The minimum Gasteiger partial charge on any atom is -0.395 e. The van der Waals surface area contributed by atoms with E-state index in [9.17, 15) is 9.18 Å². The van der Waals surface area contributed by atoms with Gasteiger partial charge < -0.3 is 5.73 Å². The molecule has 2 aromatic heterocycles. The highest BCUT2D eigenvalue weighted by atomic mass is 35.5. The fourth-order valence-electron chi connectivity index (χ4n) is 2.29. The molecule has 2 N–H and O–H groups in total. The summed E-state index contributed by atoms with van der Waals surface area (Å²) in [5.41, 5.74) is 7.75. The molecule has 3 rings (SSSR count). The highest BCUT2D eigenvalue weighted by Crippen LogP contribution is 2.20. The maximum absolute atomic E-state index is 13.2. The Morgan fingerprint density at radius 3 is 2.62 bits per heavy atom. The molecule has 0 aliphatic rings. The van der Waals surface area contributed by atoms with Gasteiger partial charge in [0.1, 0.15) is 0 Å². The fourth-order valence-corrected chi connectivity index (χ4v) is 2.42. The van der Waals surface area contributed by atoms with Crippen LogP contribution in [0.5, 0.6) is 0 Å². The van der Waals surface area contributed by atoms with Crippen molar-refractivity contribution in [2.45, 2.75) is 13.5 Å². The lowest BCUT2D eigenvalue weighted by molar-refractivity contribution is 0.589. The van der Waals surface area contributed by atoms with Crippen LogP contribution in [0.2, 0.25) is 5.02 Å². The number of aromatic nitrogens is 3. The van der Waals surface area contributed by atoms with E-state index in [0.717, 1.165) is 5.56 Å². The van der Waals surface area contributed by atoms with Crippen molar-refractivity contribution in [3.8, 4) is 11.3 Å². The van der Waals surface area contributed by atoms with Crippen LogP contribution in [0.4, 0.5) is 10.1 Å². The predicted octanol–water partition coefficient (Wildman–Crippen LogP) is 3.04. The zero-order valence-electron chi connectivity index (χ0n) is 12.8. The van der Waals surface area contributed by atoms with Gasteiger partial charge in [0, 0.05) is 22.3 Å². The second kappa shape index (κ2) is 6.41. The number of pyridine rings is 1. The van der Waals surface area contributed by atoms with Gasteiger partial charge in [-0.05, 0) is 36.8 Å². The van der Waals surface area contributed by atoms with E-state index in [0.29, 0.717) is 28.4 Å². The Balaban J connectivity index is 2.03. The topological polar surface area (TPSA) is 73.8 Å². The number of nitrogens with zero attached hydrogens (tertiary/aromatic N) is 3. The standard InChI is InChI=1S/C17H14ClFN4O/c1-10-6-15(12-7-14(20)16(19)21-8-12)22-23(17(10)24)9-11-2-4-13(18)5-3-11/h2-8H,9,20H2,1H3. The molecule has 3 aromatic rings. The third-order valence-electron chi connectivity index (χ3n) is 3.56. The first-order valence-corrected chi connectivity index (χ1v) is 7.56. The van der Waals surface area contributed by atoms with Gasteiger partial charge in [0.15, 0.2) is 0 Å². The molecule has 0 fully saturated rings. The number of rotatable bonds is 3. The number of halogens is 2. The van der Waals surface area contributed by atoms with E-state index in [1.54, 1.807) is 25.1 Å². The molecule has 122 valence electrons. The van der Waals surface area contributed by atoms with Crippen LogP contribution in [0.15, 0.2) is 47.4 Å². The lowest BCUT2D eigenvalue weighted by atomic mass is 10.1. The molecule has 0 atom stereocenters. The molecule has 0 radical (unpaired) electrons. The van der Waals surface area contributed by atoms with Crippen molar-refractivity contribution in [1.29, 1.82) is 0 Å². The molecule has 5 nitrogen and oxygen atoms in total. The van der Waals surface area contributed by atoms with Crippen LogP contribution in [-0.2, 0) is 6.54 Å². The molecule has 0 unspecified atom stereocenters. The summed E-state index contributed by atoms with van der Waals surface area (Å²) < 4.78 is 14.6. The van der Waals surface area contributed by atoms with Crippen molar-refractivity contribution in [3.05, 3.63) is 75.0 Å². The van der Waals surface area contributed by atoms with Crippen LogP contribution < -0.4 is 11.3 Å². The number of aryl methyl sites for hydroxylation is 1. The first kappa shape index (κ1) is 16.1. The van der Waals surface area contributed by atoms with Crippen LogP contribution in [0.3, 0.4) is 0 Å². The zero-order valence-corrected chi connectivity index (χ0v) is 13.6. The summed E-state index contributed by atoms with van der Waals surface area (Å²) in [6.45, 7) is 2.00. The van der Waals surface area contributed by atoms with Gasteiger partial charge in [-0.25, -0.2) is 9.67 Å². The van der Waals surface area contributed by atoms with E-state index in [2.05, 4.69) is 10.1 Å². The van der Waals surface area contributed by atoms with Crippen molar-refractivity contribution in [2.75, 3.05) is 5.73 Å². The SMILES string of the molecule is Cc1cc(-c2cnc(F)c(N)c2)nn(Cc2ccc(Cl)cc2)c1=O.